The van der Waals surface area contributed by atoms with Crippen molar-refractivity contribution in [2.45, 2.75) is 39.2 Å². The second kappa shape index (κ2) is 6.68. The Balaban J connectivity index is 2.09. The summed E-state index contributed by atoms with van der Waals surface area (Å²) in [5, 5.41) is 3.50. The number of nitrogens with one attached hydrogen (secondary N) is 2. The molecule has 19 heavy (non-hydrogen) atoms. The van der Waals surface area contributed by atoms with Crippen LogP contribution in [0.1, 0.15) is 32.3 Å². The van der Waals surface area contributed by atoms with Gasteiger partial charge in [-0.05, 0) is 32.1 Å². The topological polar surface area (TPSA) is 85.1 Å². The summed E-state index contributed by atoms with van der Waals surface area (Å²) < 4.78 is 5.40. The van der Waals surface area contributed by atoms with Crippen molar-refractivity contribution in [3.05, 3.63) is 11.9 Å². The molecule has 1 aromatic heterocycles. The van der Waals surface area contributed by atoms with Gasteiger partial charge in [0, 0.05) is 24.8 Å². The van der Waals surface area contributed by atoms with Crippen LogP contribution < -0.4 is 16.6 Å². The minimum atomic E-state index is 0.370. The first kappa shape index (κ1) is 14.0. The van der Waals surface area contributed by atoms with E-state index in [-0.39, 0.29) is 0 Å². The summed E-state index contributed by atoms with van der Waals surface area (Å²) in [7, 11) is 0. The molecule has 1 aromatic rings. The lowest BCUT2D eigenvalue weighted by Crippen LogP contribution is -2.31. The maximum Gasteiger partial charge on any atom is 0.148 e. The molecule has 0 spiro atoms. The molecule has 106 valence electrons. The summed E-state index contributed by atoms with van der Waals surface area (Å²) in [4.78, 5) is 8.49. The minimum Gasteiger partial charge on any atom is -0.381 e. The number of hydrazine groups is 1. The Kier molecular flexibility index (Phi) is 4.93. The van der Waals surface area contributed by atoms with E-state index < -0.39 is 0 Å². The Morgan fingerprint density at radius 2 is 2.05 bits per heavy atom. The summed E-state index contributed by atoms with van der Waals surface area (Å²) in [6.07, 6.45) is 4.57. The van der Waals surface area contributed by atoms with Crippen molar-refractivity contribution >= 4 is 11.6 Å². The third-order valence-corrected chi connectivity index (χ3v) is 3.77. The average molecular weight is 265 g/mol. The van der Waals surface area contributed by atoms with Crippen LogP contribution in [0.3, 0.4) is 0 Å². The lowest BCUT2D eigenvalue weighted by molar-refractivity contribution is 0.0622. The van der Waals surface area contributed by atoms with E-state index in [2.05, 4.69) is 34.6 Å². The maximum atomic E-state index is 5.48. The monoisotopic (exact) mass is 265 g/mol. The van der Waals surface area contributed by atoms with E-state index in [1.807, 2.05) is 0 Å². The Morgan fingerprint density at radius 1 is 1.37 bits per heavy atom. The predicted octanol–water partition coefficient (Wildman–Crippen LogP) is 1.55. The highest BCUT2D eigenvalue weighted by molar-refractivity contribution is 5.57. The number of hydrogen-bond donors (Lipinski definition) is 3. The van der Waals surface area contributed by atoms with E-state index in [1.165, 1.54) is 6.33 Å². The Hall–Kier alpha value is -1.40. The summed E-state index contributed by atoms with van der Waals surface area (Å²) in [6, 6.07) is 0.370. The first-order valence-electron chi connectivity index (χ1n) is 6.91. The normalized spacial score (nSPS) is 18.1. The second-order valence-corrected chi connectivity index (χ2v) is 4.93. The molecule has 1 aliphatic rings. The zero-order chi connectivity index (χ0) is 13.7. The lowest BCUT2D eigenvalue weighted by atomic mass is 9.93. The number of nitrogens with two attached hydrogens (primary N) is 1. The van der Waals surface area contributed by atoms with E-state index in [1.54, 1.807) is 0 Å². The standard InChI is InChI=1S/C13H23N5O/c1-3-11-12(15-8-16-13(11)18-14)17-9(2)10-4-6-19-7-5-10/h8-10H,3-7,14H2,1-2H3,(H2,15,16,17,18). The van der Waals surface area contributed by atoms with Gasteiger partial charge >= 0.3 is 0 Å². The molecule has 0 amide bonds. The third kappa shape index (κ3) is 3.33. The molecule has 0 aromatic carbocycles. The number of rotatable bonds is 5. The quantitative estimate of drug-likeness (QED) is 0.553. The zero-order valence-corrected chi connectivity index (χ0v) is 11.6. The average Bonchev–Trinajstić information content (AvgIpc) is 2.47. The third-order valence-electron chi connectivity index (χ3n) is 3.77. The number of aromatic nitrogens is 2. The van der Waals surface area contributed by atoms with Crippen LogP contribution in [-0.4, -0.2) is 29.2 Å². The highest BCUT2D eigenvalue weighted by Gasteiger charge is 2.21. The SMILES string of the molecule is CCc1c(NN)ncnc1NC(C)C1CCOCC1. The van der Waals surface area contributed by atoms with Crippen LogP contribution in [0.25, 0.3) is 0 Å². The van der Waals surface area contributed by atoms with Crippen LogP contribution in [0, 0.1) is 5.92 Å². The van der Waals surface area contributed by atoms with Crippen LogP contribution in [0.5, 0.6) is 0 Å². The summed E-state index contributed by atoms with van der Waals surface area (Å²) in [5.74, 6) is 7.68. The highest BCUT2D eigenvalue weighted by Crippen LogP contribution is 2.25. The van der Waals surface area contributed by atoms with Gasteiger partial charge in [0.1, 0.15) is 18.0 Å². The fourth-order valence-electron chi connectivity index (χ4n) is 2.55. The number of anilines is 2. The largest absolute Gasteiger partial charge is 0.381 e. The first-order chi connectivity index (χ1) is 9.26. The van der Waals surface area contributed by atoms with E-state index >= 15 is 0 Å². The van der Waals surface area contributed by atoms with Crippen LogP contribution in [0.4, 0.5) is 11.6 Å². The van der Waals surface area contributed by atoms with Crippen molar-refractivity contribution in [3.63, 3.8) is 0 Å². The van der Waals surface area contributed by atoms with Gasteiger partial charge in [-0.1, -0.05) is 6.92 Å². The molecule has 0 radical (unpaired) electrons. The molecule has 1 unspecified atom stereocenters. The van der Waals surface area contributed by atoms with Crippen molar-refractivity contribution in [2.24, 2.45) is 11.8 Å². The molecule has 0 bridgehead atoms. The fourth-order valence-corrected chi connectivity index (χ4v) is 2.55. The van der Waals surface area contributed by atoms with Gasteiger partial charge in [0.2, 0.25) is 0 Å². The Labute approximate surface area is 114 Å². The lowest BCUT2D eigenvalue weighted by Gasteiger charge is -2.29. The van der Waals surface area contributed by atoms with Gasteiger partial charge < -0.3 is 15.5 Å². The molecule has 2 rings (SSSR count). The smallest absolute Gasteiger partial charge is 0.148 e. The van der Waals surface area contributed by atoms with Gasteiger partial charge in [0.05, 0.1) is 0 Å². The zero-order valence-electron chi connectivity index (χ0n) is 11.6. The summed E-state index contributed by atoms with van der Waals surface area (Å²) in [6.45, 7) is 5.99. The van der Waals surface area contributed by atoms with Crippen molar-refractivity contribution in [1.82, 2.24) is 9.97 Å². The van der Waals surface area contributed by atoms with E-state index in [4.69, 9.17) is 10.6 Å². The molecule has 2 heterocycles. The van der Waals surface area contributed by atoms with Gasteiger partial charge in [-0.25, -0.2) is 15.8 Å². The van der Waals surface area contributed by atoms with Crippen molar-refractivity contribution in [1.29, 1.82) is 0 Å². The minimum absolute atomic E-state index is 0.370. The molecule has 0 saturated carbocycles. The molecule has 6 heteroatoms. The number of nitrogens with zero attached hydrogens (tertiary/aromatic N) is 2. The van der Waals surface area contributed by atoms with Gasteiger partial charge in [-0.3, -0.25) is 0 Å². The van der Waals surface area contributed by atoms with E-state index in [0.717, 1.165) is 43.9 Å². The predicted molar refractivity (Wildman–Crippen MR) is 75.8 cm³/mol. The van der Waals surface area contributed by atoms with Crippen molar-refractivity contribution in [2.75, 3.05) is 24.0 Å². The molecule has 0 aliphatic carbocycles. The summed E-state index contributed by atoms with van der Waals surface area (Å²) in [5.41, 5.74) is 3.66. The van der Waals surface area contributed by atoms with E-state index in [9.17, 15) is 0 Å². The van der Waals surface area contributed by atoms with Gasteiger partial charge in [0.15, 0.2) is 0 Å². The van der Waals surface area contributed by atoms with Gasteiger partial charge in [-0.15, -0.1) is 0 Å². The van der Waals surface area contributed by atoms with Crippen LogP contribution in [-0.2, 0) is 11.2 Å². The van der Waals surface area contributed by atoms with Crippen molar-refractivity contribution in [3.8, 4) is 0 Å². The Morgan fingerprint density at radius 3 is 2.68 bits per heavy atom. The number of nitrogen functional groups attached to an aromatic ring is 1. The fraction of sp³-hybridized carbons (Fsp3) is 0.692. The Bertz CT molecular complexity index is 406. The van der Waals surface area contributed by atoms with Crippen molar-refractivity contribution < 1.29 is 4.74 Å². The molecule has 1 saturated heterocycles. The molecule has 4 N–H and O–H groups in total. The van der Waals surface area contributed by atoms with Crippen LogP contribution >= 0.6 is 0 Å². The molecular formula is C13H23N5O. The molecular weight excluding hydrogens is 242 g/mol. The number of ether oxygens (including phenoxy) is 1. The summed E-state index contributed by atoms with van der Waals surface area (Å²) >= 11 is 0. The highest BCUT2D eigenvalue weighted by atomic mass is 16.5. The van der Waals surface area contributed by atoms with Gasteiger partial charge in [-0.2, -0.15) is 0 Å². The second-order valence-electron chi connectivity index (χ2n) is 4.93. The van der Waals surface area contributed by atoms with E-state index in [0.29, 0.717) is 17.8 Å². The van der Waals surface area contributed by atoms with Crippen LogP contribution in [0.15, 0.2) is 6.33 Å². The maximum absolute atomic E-state index is 5.48. The molecule has 6 nitrogen and oxygen atoms in total. The molecule has 1 fully saturated rings. The van der Waals surface area contributed by atoms with Gasteiger partial charge in [0.25, 0.3) is 0 Å². The van der Waals surface area contributed by atoms with Crippen LogP contribution in [0.2, 0.25) is 0 Å². The molecule has 1 atom stereocenters. The first-order valence-corrected chi connectivity index (χ1v) is 6.91. The number of hydrogen-bond acceptors (Lipinski definition) is 6. The molecule has 1 aliphatic heterocycles.